The number of morpholine rings is 1. The molecular formula is C9H16N2O. The number of hydrogen-bond acceptors (Lipinski definition) is 3. The maximum atomic E-state index is 5.94. The van der Waals surface area contributed by atoms with Crippen LogP contribution in [0.2, 0.25) is 0 Å². The summed E-state index contributed by atoms with van der Waals surface area (Å²) < 4.78 is 5.94. The van der Waals surface area contributed by atoms with Crippen LogP contribution >= 0.6 is 0 Å². The Kier molecular flexibility index (Phi) is 1.35. The van der Waals surface area contributed by atoms with Gasteiger partial charge in [-0.3, -0.25) is 4.90 Å². The highest BCUT2D eigenvalue weighted by Crippen LogP contribution is 2.41. The second-order valence-corrected chi connectivity index (χ2v) is 4.44. The van der Waals surface area contributed by atoms with Crippen LogP contribution in [0.4, 0.5) is 0 Å². The molecule has 0 amide bonds. The molecule has 0 aromatic heterocycles. The molecule has 0 saturated carbocycles. The number of rotatable bonds is 1. The topological polar surface area (TPSA) is 15.7 Å². The van der Waals surface area contributed by atoms with Gasteiger partial charge in [0.05, 0.1) is 24.3 Å². The summed E-state index contributed by atoms with van der Waals surface area (Å²) in [5, 5.41) is 0. The third-order valence-electron chi connectivity index (χ3n) is 3.59. The molecule has 3 aliphatic heterocycles. The van der Waals surface area contributed by atoms with Gasteiger partial charge in [-0.1, -0.05) is 0 Å². The third-order valence-corrected chi connectivity index (χ3v) is 3.59. The van der Waals surface area contributed by atoms with Crippen molar-refractivity contribution in [2.45, 2.75) is 30.7 Å². The van der Waals surface area contributed by atoms with Gasteiger partial charge in [-0.05, 0) is 20.5 Å². The highest BCUT2D eigenvalue weighted by Gasteiger charge is 2.57. The smallest absolute Gasteiger partial charge is 0.0877 e. The lowest BCUT2D eigenvalue weighted by atomic mass is 10.1. The Morgan fingerprint density at radius 2 is 2.17 bits per heavy atom. The van der Waals surface area contributed by atoms with E-state index in [2.05, 4.69) is 23.9 Å². The summed E-state index contributed by atoms with van der Waals surface area (Å²) in [6, 6.07) is 1.38. The Labute approximate surface area is 73.3 Å². The predicted molar refractivity (Wildman–Crippen MR) is 46.1 cm³/mol. The molecule has 3 nitrogen and oxygen atoms in total. The molecule has 0 N–H and O–H groups in total. The van der Waals surface area contributed by atoms with Gasteiger partial charge in [-0.2, -0.15) is 0 Å². The molecule has 4 atom stereocenters. The molecule has 3 aliphatic rings. The van der Waals surface area contributed by atoms with Gasteiger partial charge >= 0.3 is 0 Å². The van der Waals surface area contributed by atoms with Crippen molar-refractivity contribution in [3.63, 3.8) is 0 Å². The van der Waals surface area contributed by atoms with E-state index in [0.717, 1.165) is 0 Å². The van der Waals surface area contributed by atoms with Crippen LogP contribution in [-0.2, 0) is 4.74 Å². The van der Waals surface area contributed by atoms with Gasteiger partial charge in [0.2, 0.25) is 0 Å². The minimum absolute atomic E-state index is 0.498. The zero-order chi connectivity index (χ0) is 8.29. The fourth-order valence-electron chi connectivity index (χ4n) is 3.19. The number of hydrogen-bond donors (Lipinski definition) is 0. The molecule has 3 heterocycles. The van der Waals surface area contributed by atoms with Gasteiger partial charge in [0, 0.05) is 13.1 Å². The number of nitrogens with zero attached hydrogens (tertiary/aromatic N) is 2. The first-order chi connectivity index (χ1) is 5.77. The third kappa shape index (κ3) is 0.721. The lowest BCUT2D eigenvalue weighted by Gasteiger charge is -2.23. The highest BCUT2D eigenvalue weighted by atomic mass is 16.5. The Morgan fingerprint density at radius 1 is 1.33 bits per heavy atom. The van der Waals surface area contributed by atoms with Crippen LogP contribution in [0, 0.1) is 0 Å². The molecule has 0 unspecified atom stereocenters. The molecule has 3 fully saturated rings. The number of ether oxygens (including phenoxy) is 1. The first-order valence-corrected chi connectivity index (χ1v) is 4.83. The zero-order valence-corrected chi connectivity index (χ0v) is 7.73. The Balaban J connectivity index is 1.91. The summed E-state index contributed by atoms with van der Waals surface area (Å²) in [4.78, 5) is 4.93. The molecule has 3 saturated heterocycles. The molecule has 3 rings (SSSR count). The van der Waals surface area contributed by atoms with Crippen molar-refractivity contribution in [2.75, 3.05) is 27.2 Å². The second kappa shape index (κ2) is 2.22. The summed E-state index contributed by atoms with van der Waals surface area (Å²) in [6.07, 6.45) is 2.31. The van der Waals surface area contributed by atoms with E-state index in [4.69, 9.17) is 4.74 Å². The van der Waals surface area contributed by atoms with Crippen molar-refractivity contribution in [1.82, 2.24) is 9.80 Å². The average Bonchev–Trinajstić information content (AvgIpc) is 2.54. The fourth-order valence-corrected chi connectivity index (χ4v) is 3.19. The van der Waals surface area contributed by atoms with E-state index in [1.54, 1.807) is 0 Å². The Morgan fingerprint density at radius 3 is 2.75 bits per heavy atom. The van der Waals surface area contributed by atoms with Crippen LogP contribution in [0.1, 0.15) is 6.42 Å². The normalized spacial score (nSPS) is 51.2. The van der Waals surface area contributed by atoms with Gasteiger partial charge in [0.15, 0.2) is 0 Å². The quantitative estimate of drug-likeness (QED) is 0.538. The molecule has 0 aromatic carbocycles. The standard InChI is InChI=1S/C9H16N2O/c1-10(2)8-7-5-11-4-3-6(12-7)9(8)11/h6-9H,3-5H2,1-2H3/t6-,7+,8-,9+/m0/s1. The lowest BCUT2D eigenvalue weighted by Crippen LogP contribution is -2.41. The summed E-state index contributed by atoms with van der Waals surface area (Å²) >= 11 is 0. The van der Waals surface area contributed by atoms with Crippen molar-refractivity contribution in [2.24, 2.45) is 0 Å². The first kappa shape index (κ1) is 7.30. The van der Waals surface area contributed by atoms with Gasteiger partial charge in [0.1, 0.15) is 0 Å². The molecular weight excluding hydrogens is 152 g/mol. The Bertz CT molecular complexity index is 193. The van der Waals surface area contributed by atoms with Crippen molar-refractivity contribution in [3.8, 4) is 0 Å². The van der Waals surface area contributed by atoms with E-state index in [1.165, 1.54) is 19.5 Å². The molecule has 3 heteroatoms. The van der Waals surface area contributed by atoms with Crippen LogP contribution < -0.4 is 0 Å². The average molecular weight is 168 g/mol. The van der Waals surface area contributed by atoms with E-state index in [9.17, 15) is 0 Å². The minimum atomic E-state index is 0.498. The van der Waals surface area contributed by atoms with Crippen molar-refractivity contribution < 1.29 is 4.74 Å². The zero-order valence-electron chi connectivity index (χ0n) is 7.73. The molecule has 0 aromatic rings. The number of fused-ring (bicyclic) bond motifs is 1. The van der Waals surface area contributed by atoms with Crippen LogP contribution in [0.25, 0.3) is 0 Å². The van der Waals surface area contributed by atoms with Crippen LogP contribution in [0.3, 0.4) is 0 Å². The van der Waals surface area contributed by atoms with Gasteiger partial charge in [-0.25, -0.2) is 0 Å². The molecule has 2 bridgehead atoms. The Hall–Kier alpha value is -0.120. The fraction of sp³-hybridized carbons (Fsp3) is 1.00. The lowest BCUT2D eigenvalue weighted by molar-refractivity contribution is 0.00583. The predicted octanol–water partition coefficient (Wildman–Crippen LogP) is -0.228. The SMILES string of the molecule is CN(C)[C@@H]1[C@H]2[C@@H]3CCN2C[C@H]1O3. The molecule has 12 heavy (non-hydrogen) atoms. The van der Waals surface area contributed by atoms with E-state index in [-0.39, 0.29) is 0 Å². The molecule has 0 aliphatic carbocycles. The van der Waals surface area contributed by atoms with Crippen LogP contribution in [0.5, 0.6) is 0 Å². The maximum absolute atomic E-state index is 5.94. The molecule has 0 radical (unpaired) electrons. The van der Waals surface area contributed by atoms with Gasteiger partial charge in [-0.15, -0.1) is 0 Å². The van der Waals surface area contributed by atoms with E-state index in [0.29, 0.717) is 24.3 Å². The van der Waals surface area contributed by atoms with Gasteiger partial charge < -0.3 is 9.64 Å². The monoisotopic (exact) mass is 168 g/mol. The highest BCUT2D eigenvalue weighted by molar-refractivity contribution is 5.11. The molecule has 0 spiro atoms. The summed E-state index contributed by atoms with van der Waals surface area (Å²) in [6.45, 7) is 2.43. The van der Waals surface area contributed by atoms with Crippen LogP contribution in [0.15, 0.2) is 0 Å². The van der Waals surface area contributed by atoms with Gasteiger partial charge in [0.25, 0.3) is 0 Å². The summed E-state index contributed by atoms with van der Waals surface area (Å²) in [5.74, 6) is 0. The summed E-state index contributed by atoms with van der Waals surface area (Å²) in [7, 11) is 4.34. The summed E-state index contributed by atoms with van der Waals surface area (Å²) in [5.41, 5.74) is 0. The first-order valence-electron chi connectivity index (χ1n) is 4.83. The maximum Gasteiger partial charge on any atom is 0.0877 e. The van der Waals surface area contributed by atoms with E-state index < -0.39 is 0 Å². The van der Waals surface area contributed by atoms with E-state index >= 15 is 0 Å². The van der Waals surface area contributed by atoms with Crippen molar-refractivity contribution >= 4 is 0 Å². The largest absolute Gasteiger partial charge is 0.370 e. The van der Waals surface area contributed by atoms with E-state index in [1.807, 2.05) is 0 Å². The van der Waals surface area contributed by atoms with Crippen molar-refractivity contribution in [1.29, 1.82) is 0 Å². The molecule has 68 valence electrons. The van der Waals surface area contributed by atoms with Crippen LogP contribution in [-0.4, -0.2) is 61.3 Å². The minimum Gasteiger partial charge on any atom is -0.370 e. The number of likely N-dealkylation sites (N-methyl/N-ethyl adjacent to an activating group) is 1. The van der Waals surface area contributed by atoms with Crippen molar-refractivity contribution in [3.05, 3.63) is 0 Å². The second-order valence-electron chi connectivity index (χ2n) is 4.44.